The summed E-state index contributed by atoms with van der Waals surface area (Å²) in [6, 6.07) is 4.19. The Morgan fingerprint density at radius 2 is 2.11 bits per heavy atom. The summed E-state index contributed by atoms with van der Waals surface area (Å²) in [7, 11) is -3.74. The topological polar surface area (TPSA) is 58.2 Å². The molecule has 1 aliphatic carbocycles. The predicted molar refractivity (Wildman–Crippen MR) is 71.7 cm³/mol. The molecule has 1 aromatic rings. The van der Waals surface area contributed by atoms with Crippen LogP contribution in [0.15, 0.2) is 23.1 Å². The average Bonchev–Trinajstić information content (AvgIpc) is 3.01. The van der Waals surface area contributed by atoms with E-state index in [0.717, 1.165) is 18.5 Å². The van der Waals surface area contributed by atoms with Crippen molar-refractivity contribution in [1.82, 2.24) is 10.0 Å². The van der Waals surface area contributed by atoms with Gasteiger partial charge in [0, 0.05) is 12.6 Å². The molecule has 2 N–H and O–H groups in total. The van der Waals surface area contributed by atoms with E-state index in [0.29, 0.717) is 12.5 Å². The van der Waals surface area contributed by atoms with Gasteiger partial charge in [0.05, 0.1) is 0 Å². The van der Waals surface area contributed by atoms with Gasteiger partial charge in [-0.3, -0.25) is 0 Å². The fourth-order valence-corrected chi connectivity index (χ4v) is 3.31. The van der Waals surface area contributed by atoms with Crippen LogP contribution in [0.5, 0.6) is 0 Å². The van der Waals surface area contributed by atoms with Crippen molar-refractivity contribution >= 4 is 10.0 Å². The van der Waals surface area contributed by atoms with Crippen molar-refractivity contribution in [2.75, 3.05) is 6.54 Å². The van der Waals surface area contributed by atoms with Gasteiger partial charge < -0.3 is 5.32 Å². The van der Waals surface area contributed by atoms with Gasteiger partial charge in [0.1, 0.15) is 10.7 Å². The van der Waals surface area contributed by atoms with Gasteiger partial charge in [-0.1, -0.05) is 19.9 Å². The molecule has 1 saturated carbocycles. The van der Waals surface area contributed by atoms with E-state index in [1.54, 1.807) is 6.07 Å². The molecule has 106 valence electrons. The van der Waals surface area contributed by atoms with Crippen LogP contribution in [-0.2, 0) is 16.6 Å². The second-order valence-corrected chi connectivity index (χ2v) is 6.67. The summed E-state index contributed by atoms with van der Waals surface area (Å²) in [6.45, 7) is 5.22. The maximum atomic E-state index is 13.9. The minimum Gasteiger partial charge on any atom is -0.313 e. The quantitative estimate of drug-likeness (QED) is 0.835. The first-order valence-corrected chi connectivity index (χ1v) is 7.94. The summed E-state index contributed by atoms with van der Waals surface area (Å²) in [6.07, 6.45) is 0.819. The smallest absolute Gasteiger partial charge is 0.243 e. The lowest BCUT2D eigenvalue weighted by Gasteiger charge is -2.09. The van der Waals surface area contributed by atoms with E-state index in [1.807, 2.05) is 13.8 Å². The first-order chi connectivity index (χ1) is 8.94. The van der Waals surface area contributed by atoms with E-state index in [4.69, 9.17) is 0 Å². The third kappa shape index (κ3) is 3.52. The van der Waals surface area contributed by atoms with Crippen LogP contribution in [0, 0.1) is 11.7 Å². The molecule has 1 aromatic carbocycles. The summed E-state index contributed by atoms with van der Waals surface area (Å²) in [4.78, 5) is -0.271. The first-order valence-electron chi connectivity index (χ1n) is 6.45. The average molecular weight is 286 g/mol. The number of benzene rings is 1. The lowest BCUT2D eigenvalue weighted by molar-refractivity contribution is 0.553. The third-order valence-electron chi connectivity index (χ3n) is 3.28. The fourth-order valence-electron chi connectivity index (χ4n) is 1.89. The second kappa shape index (κ2) is 5.56. The highest BCUT2D eigenvalue weighted by molar-refractivity contribution is 7.89. The Morgan fingerprint density at radius 3 is 2.63 bits per heavy atom. The van der Waals surface area contributed by atoms with Gasteiger partial charge in [-0.25, -0.2) is 17.5 Å². The van der Waals surface area contributed by atoms with E-state index in [9.17, 15) is 12.8 Å². The van der Waals surface area contributed by atoms with Crippen molar-refractivity contribution in [2.45, 2.75) is 37.8 Å². The highest BCUT2D eigenvalue weighted by Gasteiger charge is 2.37. The molecule has 0 bridgehead atoms. The highest BCUT2D eigenvalue weighted by atomic mass is 32.2. The van der Waals surface area contributed by atoms with Gasteiger partial charge in [-0.2, -0.15) is 0 Å². The zero-order chi connectivity index (χ0) is 14.0. The van der Waals surface area contributed by atoms with Gasteiger partial charge >= 0.3 is 0 Å². The van der Waals surface area contributed by atoms with Crippen LogP contribution in [0.2, 0.25) is 0 Å². The lowest BCUT2D eigenvalue weighted by atomic mass is 10.2. The Balaban J connectivity index is 2.15. The molecule has 0 spiro atoms. The predicted octanol–water partition coefficient (Wildman–Crippen LogP) is 1.62. The van der Waals surface area contributed by atoms with Crippen molar-refractivity contribution in [3.8, 4) is 0 Å². The standard InChI is InChI=1S/C13H19FN2O2S/c1-3-15-8-10-4-5-13(11(14)7-10)19(17,18)16-12-6-9(12)2/h4-5,7,9,12,15-16H,3,6,8H2,1-2H3. The molecule has 0 amide bonds. The number of hydrogen-bond acceptors (Lipinski definition) is 3. The molecule has 4 nitrogen and oxygen atoms in total. The summed E-state index contributed by atoms with van der Waals surface area (Å²) < 4.78 is 40.4. The Hall–Kier alpha value is -0.980. The van der Waals surface area contributed by atoms with Crippen LogP contribution < -0.4 is 10.0 Å². The molecular weight excluding hydrogens is 267 g/mol. The van der Waals surface area contributed by atoms with Crippen LogP contribution in [0.4, 0.5) is 4.39 Å². The molecule has 6 heteroatoms. The maximum Gasteiger partial charge on any atom is 0.243 e. The van der Waals surface area contributed by atoms with Crippen molar-refractivity contribution in [2.24, 2.45) is 5.92 Å². The van der Waals surface area contributed by atoms with Crippen molar-refractivity contribution in [1.29, 1.82) is 0 Å². The second-order valence-electron chi connectivity index (χ2n) is 4.99. The zero-order valence-electron chi connectivity index (χ0n) is 11.1. The molecule has 0 radical (unpaired) electrons. The molecule has 0 heterocycles. The molecule has 2 atom stereocenters. The summed E-state index contributed by atoms with van der Waals surface area (Å²) >= 11 is 0. The van der Waals surface area contributed by atoms with E-state index in [-0.39, 0.29) is 10.9 Å². The first kappa shape index (κ1) is 14.4. The van der Waals surface area contributed by atoms with Gasteiger partial charge in [-0.05, 0) is 36.6 Å². The van der Waals surface area contributed by atoms with Gasteiger partial charge in [0.2, 0.25) is 10.0 Å². The minimum atomic E-state index is -3.74. The third-order valence-corrected chi connectivity index (χ3v) is 4.80. The molecule has 0 aliphatic heterocycles. The van der Waals surface area contributed by atoms with E-state index in [1.165, 1.54) is 12.1 Å². The molecule has 1 aliphatic rings. The van der Waals surface area contributed by atoms with Gasteiger partial charge in [0.25, 0.3) is 0 Å². The summed E-state index contributed by atoms with van der Waals surface area (Å²) in [5.41, 5.74) is 0.734. The molecule has 0 saturated heterocycles. The Morgan fingerprint density at radius 1 is 1.42 bits per heavy atom. The molecule has 19 heavy (non-hydrogen) atoms. The Kier molecular flexibility index (Phi) is 4.23. The van der Waals surface area contributed by atoms with Crippen LogP contribution >= 0.6 is 0 Å². The summed E-state index contributed by atoms with van der Waals surface area (Å²) in [5.74, 6) is -0.359. The van der Waals surface area contributed by atoms with E-state index in [2.05, 4.69) is 10.0 Å². The van der Waals surface area contributed by atoms with Crippen molar-refractivity contribution < 1.29 is 12.8 Å². The fraction of sp³-hybridized carbons (Fsp3) is 0.538. The number of halogens is 1. The molecule has 2 rings (SSSR count). The molecule has 0 aromatic heterocycles. The van der Waals surface area contributed by atoms with Gasteiger partial charge in [0.15, 0.2) is 0 Å². The van der Waals surface area contributed by atoms with Crippen LogP contribution in [0.1, 0.15) is 25.8 Å². The monoisotopic (exact) mass is 286 g/mol. The maximum absolute atomic E-state index is 13.9. The Bertz CT molecular complexity index is 560. The van der Waals surface area contributed by atoms with E-state index < -0.39 is 15.8 Å². The van der Waals surface area contributed by atoms with Crippen molar-refractivity contribution in [3.05, 3.63) is 29.6 Å². The highest BCUT2D eigenvalue weighted by Crippen LogP contribution is 2.31. The Labute approximate surface area is 113 Å². The zero-order valence-corrected chi connectivity index (χ0v) is 11.9. The molecule has 2 unspecified atom stereocenters. The van der Waals surface area contributed by atoms with Crippen molar-refractivity contribution in [3.63, 3.8) is 0 Å². The minimum absolute atomic E-state index is 0.0502. The van der Waals surface area contributed by atoms with E-state index >= 15 is 0 Å². The number of rotatable bonds is 6. The summed E-state index contributed by atoms with van der Waals surface area (Å²) in [5, 5.41) is 3.07. The normalized spacial score (nSPS) is 22.5. The van der Waals surface area contributed by atoms with Crippen LogP contribution in [0.25, 0.3) is 0 Å². The van der Waals surface area contributed by atoms with Crippen LogP contribution in [0.3, 0.4) is 0 Å². The number of hydrogen-bond donors (Lipinski definition) is 2. The molecule has 1 fully saturated rings. The molecular formula is C13H19FN2O2S. The lowest BCUT2D eigenvalue weighted by Crippen LogP contribution is -2.27. The van der Waals surface area contributed by atoms with Gasteiger partial charge in [-0.15, -0.1) is 0 Å². The number of sulfonamides is 1. The SMILES string of the molecule is CCNCc1ccc(S(=O)(=O)NC2CC2C)c(F)c1. The number of nitrogens with one attached hydrogen (secondary N) is 2. The largest absolute Gasteiger partial charge is 0.313 e. The van der Waals surface area contributed by atoms with Crippen LogP contribution in [-0.4, -0.2) is 21.0 Å².